The van der Waals surface area contributed by atoms with Crippen molar-refractivity contribution in [2.75, 3.05) is 6.54 Å². The van der Waals surface area contributed by atoms with Gasteiger partial charge < -0.3 is 15.4 Å². The Balaban J connectivity index is 2.19. The monoisotopic (exact) mass is 342 g/mol. The van der Waals surface area contributed by atoms with E-state index in [1.807, 2.05) is 12.1 Å². The zero-order valence-electron chi connectivity index (χ0n) is 13.8. The van der Waals surface area contributed by atoms with Crippen molar-refractivity contribution in [3.05, 3.63) is 41.5 Å². The normalized spacial score (nSPS) is 20.4. The third-order valence-corrected chi connectivity index (χ3v) is 3.38. The Bertz CT molecular complexity index is 621. The molecule has 2 N–H and O–H groups in total. The molecule has 0 saturated carbocycles. The average Bonchev–Trinajstić information content (AvgIpc) is 2.43. The van der Waals surface area contributed by atoms with Gasteiger partial charge in [0.25, 0.3) is 0 Å². The minimum Gasteiger partial charge on any atom is -0.444 e. The van der Waals surface area contributed by atoms with E-state index in [1.54, 1.807) is 45.1 Å². The van der Waals surface area contributed by atoms with Crippen LogP contribution in [-0.4, -0.2) is 30.5 Å². The van der Waals surface area contributed by atoms with Crippen molar-refractivity contribution in [3.8, 4) is 0 Å². The van der Waals surface area contributed by atoms with Crippen LogP contribution in [0.1, 0.15) is 37.9 Å². The van der Waals surface area contributed by atoms with Gasteiger partial charge in [-0.2, -0.15) is 13.2 Å². The van der Waals surface area contributed by atoms with E-state index in [9.17, 15) is 18.0 Å². The Morgan fingerprint density at radius 2 is 1.88 bits per heavy atom. The van der Waals surface area contributed by atoms with E-state index in [4.69, 9.17) is 4.74 Å². The number of alkyl carbamates (subject to hydrolysis) is 1. The predicted molar refractivity (Wildman–Crippen MR) is 85.4 cm³/mol. The lowest BCUT2D eigenvalue weighted by Crippen LogP contribution is -2.47. The summed E-state index contributed by atoms with van der Waals surface area (Å²) in [5, 5.41) is 5.11. The van der Waals surface area contributed by atoms with E-state index in [0.717, 1.165) is 11.1 Å². The molecule has 1 amide bonds. The number of halogens is 3. The highest BCUT2D eigenvalue weighted by atomic mass is 19.4. The van der Waals surface area contributed by atoms with Crippen LogP contribution < -0.4 is 10.6 Å². The number of hydrogen-bond donors (Lipinski definition) is 2. The van der Waals surface area contributed by atoms with E-state index in [1.165, 1.54) is 0 Å². The van der Waals surface area contributed by atoms with Crippen molar-refractivity contribution >= 4 is 12.2 Å². The van der Waals surface area contributed by atoms with Crippen LogP contribution in [0.5, 0.6) is 0 Å². The lowest BCUT2D eigenvalue weighted by molar-refractivity contribution is -0.125. The van der Waals surface area contributed by atoms with Crippen LogP contribution >= 0.6 is 0 Å². The van der Waals surface area contributed by atoms with E-state index in [-0.39, 0.29) is 0 Å². The van der Waals surface area contributed by atoms with Gasteiger partial charge >= 0.3 is 12.3 Å². The first-order chi connectivity index (χ1) is 11.1. The Morgan fingerprint density at radius 3 is 2.50 bits per heavy atom. The summed E-state index contributed by atoms with van der Waals surface area (Å²) in [7, 11) is 0. The summed E-state index contributed by atoms with van der Waals surface area (Å²) in [6.45, 7) is 4.03. The molecule has 0 bridgehead atoms. The van der Waals surface area contributed by atoms with Crippen LogP contribution in [0.15, 0.2) is 30.3 Å². The van der Waals surface area contributed by atoms with Crippen molar-refractivity contribution in [1.82, 2.24) is 10.6 Å². The van der Waals surface area contributed by atoms with Crippen molar-refractivity contribution in [2.24, 2.45) is 0 Å². The molecular weight excluding hydrogens is 321 g/mol. The molecular formula is C17H21F3N2O2. The second-order valence-electron chi connectivity index (χ2n) is 6.63. The van der Waals surface area contributed by atoms with Gasteiger partial charge in [0, 0.05) is 0 Å². The van der Waals surface area contributed by atoms with Gasteiger partial charge in [0.2, 0.25) is 0 Å². The summed E-state index contributed by atoms with van der Waals surface area (Å²) in [6, 6.07) is 5.90. The fraction of sp³-hybridized carbons (Fsp3) is 0.471. The standard InChI is InChI=1S/C17H21F3N2O2/c1-16(2,3)24-15(23)22-14-12-7-5-4-6-11(12)8-9-13(14)21-10-17(18,19)20/h4-9,13-14,21H,10H2,1-3H3,(H,22,23)/t13-,14-/m1/s1. The lowest BCUT2D eigenvalue weighted by atomic mass is 9.89. The van der Waals surface area contributed by atoms with Crippen LogP contribution in [0.4, 0.5) is 18.0 Å². The van der Waals surface area contributed by atoms with Crippen molar-refractivity contribution in [1.29, 1.82) is 0 Å². The summed E-state index contributed by atoms with van der Waals surface area (Å²) in [5.41, 5.74) is 0.900. The summed E-state index contributed by atoms with van der Waals surface area (Å²) in [6.07, 6.45) is -1.63. The average molecular weight is 342 g/mol. The maximum atomic E-state index is 12.5. The molecule has 24 heavy (non-hydrogen) atoms. The molecule has 1 aromatic rings. The third-order valence-electron chi connectivity index (χ3n) is 3.38. The maximum Gasteiger partial charge on any atom is 0.408 e. The SMILES string of the molecule is CC(C)(C)OC(=O)N[C@@H]1c2ccccc2C=C[C@H]1NCC(F)(F)F. The molecule has 0 heterocycles. The van der Waals surface area contributed by atoms with Crippen LogP contribution in [0.25, 0.3) is 6.08 Å². The highest BCUT2D eigenvalue weighted by Gasteiger charge is 2.33. The van der Waals surface area contributed by atoms with Gasteiger partial charge in [-0.1, -0.05) is 36.4 Å². The second kappa shape index (κ2) is 6.84. The minimum absolute atomic E-state index is 0.650. The van der Waals surface area contributed by atoms with E-state index >= 15 is 0 Å². The number of alkyl halides is 3. The molecule has 0 fully saturated rings. The molecule has 0 aromatic heterocycles. The van der Waals surface area contributed by atoms with Gasteiger partial charge in [-0.25, -0.2) is 4.79 Å². The molecule has 1 aliphatic rings. The highest BCUT2D eigenvalue weighted by Crippen LogP contribution is 2.29. The Labute approximate surface area is 139 Å². The van der Waals surface area contributed by atoms with Gasteiger partial charge in [-0.3, -0.25) is 0 Å². The second-order valence-corrected chi connectivity index (χ2v) is 6.63. The van der Waals surface area contributed by atoms with Gasteiger partial charge in [-0.05, 0) is 31.9 Å². The number of amides is 1. The number of ether oxygens (including phenoxy) is 1. The first-order valence-corrected chi connectivity index (χ1v) is 7.62. The molecule has 0 aliphatic heterocycles. The number of carbonyl (C=O) groups excluding carboxylic acids is 1. The summed E-state index contributed by atoms with van der Waals surface area (Å²) >= 11 is 0. The van der Waals surface area contributed by atoms with Crippen LogP contribution in [0.3, 0.4) is 0 Å². The number of rotatable bonds is 3. The van der Waals surface area contributed by atoms with Gasteiger partial charge in [-0.15, -0.1) is 0 Å². The van der Waals surface area contributed by atoms with Crippen molar-refractivity contribution in [3.63, 3.8) is 0 Å². The quantitative estimate of drug-likeness (QED) is 0.878. The van der Waals surface area contributed by atoms with Gasteiger partial charge in [0.15, 0.2) is 0 Å². The van der Waals surface area contributed by atoms with Gasteiger partial charge in [0.05, 0.1) is 18.6 Å². The molecule has 0 unspecified atom stereocenters. The van der Waals surface area contributed by atoms with Crippen LogP contribution in [0.2, 0.25) is 0 Å². The van der Waals surface area contributed by atoms with Crippen molar-refractivity contribution in [2.45, 2.75) is 44.6 Å². The van der Waals surface area contributed by atoms with Gasteiger partial charge in [0.1, 0.15) is 5.60 Å². The number of benzene rings is 1. The molecule has 0 radical (unpaired) electrons. The van der Waals surface area contributed by atoms with E-state index < -0.39 is 36.5 Å². The topological polar surface area (TPSA) is 50.4 Å². The summed E-state index contributed by atoms with van der Waals surface area (Å²) in [4.78, 5) is 12.1. The zero-order valence-corrected chi connectivity index (χ0v) is 13.8. The largest absolute Gasteiger partial charge is 0.444 e. The zero-order chi connectivity index (χ0) is 18.0. The van der Waals surface area contributed by atoms with E-state index in [0.29, 0.717) is 0 Å². The molecule has 2 rings (SSSR count). The predicted octanol–water partition coefficient (Wildman–Crippen LogP) is 3.80. The highest BCUT2D eigenvalue weighted by molar-refractivity contribution is 5.70. The Morgan fingerprint density at radius 1 is 1.21 bits per heavy atom. The molecule has 1 aromatic carbocycles. The summed E-state index contributed by atoms with van der Waals surface area (Å²) in [5.74, 6) is 0. The Kier molecular flexibility index (Phi) is 5.22. The molecule has 2 atom stereocenters. The molecule has 0 saturated heterocycles. The number of fused-ring (bicyclic) bond motifs is 1. The third kappa shape index (κ3) is 5.26. The molecule has 132 valence electrons. The lowest BCUT2D eigenvalue weighted by Gasteiger charge is -2.32. The van der Waals surface area contributed by atoms with Crippen molar-refractivity contribution < 1.29 is 22.7 Å². The fourth-order valence-corrected chi connectivity index (χ4v) is 2.48. The smallest absolute Gasteiger partial charge is 0.408 e. The maximum absolute atomic E-state index is 12.5. The minimum atomic E-state index is -4.33. The number of carbonyl (C=O) groups is 1. The summed E-state index contributed by atoms with van der Waals surface area (Å²) < 4.78 is 42.8. The van der Waals surface area contributed by atoms with E-state index in [2.05, 4.69) is 10.6 Å². The molecule has 4 nitrogen and oxygen atoms in total. The molecule has 1 aliphatic carbocycles. The van der Waals surface area contributed by atoms with Crippen LogP contribution in [-0.2, 0) is 4.74 Å². The van der Waals surface area contributed by atoms with Crippen LogP contribution in [0, 0.1) is 0 Å². The molecule has 7 heteroatoms. The molecule has 0 spiro atoms. The Hall–Kier alpha value is -2.02. The number of nitrogens with one attached hydrogen (secondary N) is 2. The fourth-order valence-electron chi connectivity index (χ4n) is 2.48. The first kappa shape index (κ1) is 18.3. The first-order valence-electron chi connectivity index (χ1n) is 7.62. The number of hydrogen-bond acceptors (Lipinski definition) is 3.